The normalized spacial score (nSPS) is 10.4. The summed E-state index contributed by atoms with van der Waals surface area (Å²) < 4.78 is 19.0. The van der Waals surface area contributed by atoms with Crippen molar-refractivity contribution in [2.45, 2.75) is 0 Å². The standard InChI is InChI=1S/C14H9FN2O2S/c15-10-4-2-1-3-9(10)11-5-6-12(19-11)13(18)17-14-16-7-8-20-14/h1-8H,(H,16,17,18). The van der Waals surface area contributed by atoms with Crippen molar-refractivity contribution in [3.05, 3.63) is 59.6 Å². The van der Waals surface area contributed by atoms with Crippen LogP contribution < -0.4 is 5.32 Å². The monoisotopic (exact) mass is 288 g/mol. The third-order valence-electron chi connectivity index (χ3n) is 2.62. The summed E-state index contributed by atoms with van der Waals surface area (Å²) in [6.07, 6.45) is 1.59. The van der Waals surface area contributed by atoms with Crippen LogP contribution in [0.4, 0.5) is 9.52 Å². The van der Waals surface area contributed by atoms with Gasteiger partial charge in [0.2, 0.25) is 0 Å². The largest absolute Gasteiger partial charge is 0.451 e. The van der Waals surface area contributed by atoms with Gasteiger partial charge in [-0.3, -0.25) is 10.1 Å². The minimum absolute atomic E-state index is 0.110. The number of amides is 1. The molecule has 3 rings (SSSR count). The fraction of sp³-hybridized carbons (Fsp3) is 0. The van der Waals surface area contributed by atoms with Gasteiger partial charge < -0.3 is 4.42 Å². The van der Waals surface area contributed by atoms with Crippen molar-refractivity contribution < 1.29 is 13.6 Å². The van der Waals surface area contributed by atoms with E-state index in [1.165, 1.54) is 23.5 Å². The van der Waals surface area contributed by atoms with Crippen LogP contribution in [0.1, 0.15) is 10.6 Å². The highest BCUT2D eigenvalue weighted by atomic mass is 32.1. The average molecular weight is 288 g/mol. The second-order valence-corrected chi connectivity index (χ2v) is 4.83. The van der Waals surface area contributed by atoms with Crippen LogP contribution in [0, 0.1) is 5.82 Å². The lowest BCUT2D eigenvalue weighted by atomic mass is 10.1. The Kier molecular flexibility index (Phi) is 3.30. The van der Waals surface area contributed by atoms with Crippen molar-refractivity contribution in [1.82, 2.24) is 4.98 Å². The van der Waals surface area contributed by atoms with Gasteiger partial charge in [-0.25, -0.2) is 9.37 Å². The number of hydrogen-bond donors (Lipinski definition) is 1. The smallest absolute Gasteiger partial charge is 0.293 e. The van der Waals surface area contributed by atoms with Crippen molar-refractivity contribution in [2.24, 2.45) is 0 Å². The molecule has 0 atom stereocenters. The zero-order valence-electron chi connectivity index (χ0n) is 10.2. The number of benzene rings is 1. The highest BCUT2D eigenvalue weighted by Gasteiger charge is 2.15. The van der Waals surface area contributed by atoms with Gasteiger partial charge in [0.15, 0.2) is 10.9 Å². The van der Waals surface area contributed by atoms with E-state index in [0.717, 1.165) is 0 Å². The van der Waals surface area contributed by atoms with Gasteiger partial charge in [-0.1, -0.05) is 12.1 Å². The predicted molar refractivity (Wildman–Crippen MR) is 74.2 cm³/mol. The zero-order valence-corrected chi connectivity index (χ0v) is 11.0. The molecule has 1 amide bonds. The predicted octanol–water partition coefficient (Wildman–Crippen LogP) is 3.79. The van der Waals surface area contributed by atoms with Gasteiger partial charge >= 0.3 is 0 Å². The lowest BCUT2D eigenvalue weighted by Gasteiger charge is -1.99. The first-order chi connectivity index (χ1) is 9.74. The number of hydrogen-bond acceptors (Lipinski definition) is 4. The first-order valence-electron chi connectivity index (χ1n) is 5.79. The van der Waals surface area contributed by atoms with E-state index < -0.39 is 11.7 Å². The van der Waals surface area contributed by atoms with Crippen molar-refractivity contribution in [1.29, 1.82) is 0 Å². The molecular formula is C14H9FN2O2S. The number of aromatic nitrogens is 1. The summed E-state index contributed by atoms with van der Waals surface area (Å²) in [7, 11) is 0. The van der Waals surface area contributed by atoms with Crippen molar-refractivity contribution in [2.75, 3.05) is 5.32 Å². The highest BCUT2D eigenvalue weighted by Crippen LogP contribution is 2.25. The first-order valence-corrected chi connectivity index (χ1v) is 6.67. The summed E-state index contributed by atoms with van der Waals surface area (Å²) in [6.45, 7) is 0. The molecule has 100 valence electrons. The maximum atomic E-state index is 13.6. The minimum atomic E-state index is -0.414. The minimum Gasteiger partial charge on any atom is -0.451 e. The Balaban J connectivity index is 1.83. The molecule has 0 bridgehead atoms. The lowest BCUT2D eigenvalue weighted by molar-refractivity contribution is 0.0997. The van der Waals surface area contributed by atoms with Crippen molar-refractivity contribution >= 4 is 22.4 Å². The van der Waals surface area contributed by atoms with Crippen LogP contribution in [0.15, 0.2) is 52.4 Å². The molecule has 0 saturated carbocycles. The van der Waals surface area contributed by atoms with E-state index in [2.05, 4.69) is 10.3 Å². The number of rotatable bonds is 3. The third-order valence-corrected chi connectivity index (χ3v) is 3.31. The Hall–Kier alpha value is -2.47. The van der Waals surface area contributed by atoms with E-state index >= 15 is 0 Å². The second-order valence-electron chi connectivity index (χ2n) is 3.94. The number of nitrogens with one attached hydrogen (secondary N) is 1. The van der Waals surface area contributed by atoms with E-state index in [9.17, 15) is 9.18 Å². The van der Waals surface area contributed by atoms with Crippen LogP contribution in [0.25, 0.3) is 11.3 Å². The third kappa shape index (κ3) is 2.46. The van der Waals surface area contributed by atoms with E-state index in [0.29, 0.717) is 16.5 Å². The van der Waals surface area contributed by atoms with Crippen LogP contribution in [0.2, 0.25) is 0 Å². The topological polar surface area (TPSA) is 55.1 Å². The molecule has 3 aromatic rings. The van der Waals surface area contributed by atoms with Crippen molar-refractivity contribution in [3.63, 3.8) is 0 Å². The number of anilines is 1. The van der Waals surface area contributed by atoms with Gasteiger partial charge in [-0.05, 0) is 24.3 Å². The number of furan rings is 1. The molecule has 0 aliphatic rings. The molecule has 0 radical (unpaired) electrons. The molecule has 0 unspecified atom stereocenters. The molecule has 20 heavy (non-hydrogen) atoms. The Bertz CT molecular complexity index is 737. The van der Waals surface area contributed by atoms with Gasteiger partial charge in [-0.2, -0.15) is 0 Å². The summed E-state index contributed by atoms with van der Waals surface area (Å²) in [5.41, 5.74) is 0.320. The van der Waals surface area contributed by atoms with Crippen LogP contribution in [-0.4, -0.2) is 10.9 Å². The van der Waals surface area contributed by atoms with Crippen LogP contribution >= 0.6 is 11.3 Å². The number of halogens is 1. The van der Waals surface area contributed by atoms with Gasteiger partial charge in [0, 0.05) is 11.6 Å². The van der Waals surface area contributed by atoms with Gasteiger partial charge in [-0.15, -0.1) is 11.3 Å². The summed E-state index contributed by atoms with van der Waals surface area (Å²) >= 11 is 1.31. The second kappa shape index (κ2) is 5.26. The molecule has 6 heteroatoms. The molecule has 0 fully saturated rings. The number of nitrogens with zero attached hydrogens (tertiary/aromatic N) is 1. The van der Waals surface area contributed by atoms with Crippen molar-refractivity contribution in [3.8, 4) is 11.3 Å². The molecule has 4 nitrogen and oxygen atoms in total. The van der Waals surface area contributed by atoms with E-state index in [4.69, 9.17) is 4.42 Å². The fourth-order valence-electron chi connectivity index (χ4n) is 1.71. The summed E-state index contributed by atoms with van der Waals surface area (Å²) in [6, 6.07) is 9.30. The van der Waals surface area contributed by atoms with E-state index in [1.54, 1.807) is 35.8 Å². The summed E-state index contributed by atoms with van der Waals surface area (Å²) in [4.78, 5) is 15.9. The summed E-state index contributed by atoms with van der Waals surface area (Å²) in [5.74, 6) is -0.387. The van der Waals surface area contributed by atoms with Gasteiger partial charge in [0.25, 0.3) is 5.91 Å². The molecular weight excluding hydrogens is 279 g/mol. The van der Waals surface area contributed by atoms with Crippen LogP contribution in [-0.2, 0) is 0 Å². The first kappa shape index (κ1) is 12.6. The molecule has 2 aromatic heterocycles. The average Bonchev–Trinajstić information content (AvgIpc) is 3.10. The molecule has 0 saturated heterocycles. The highest BCUT2D eigenvalue weighted by molar-refractivity contribution is 7.13. The Morgan fingerprint density at radius 3 is 2.85 bits per heavy atom. The molecule has 0 spiro atoms. The molecule has 0 aliphatic carbocycles. The Morgan fingerprint density at radius 1 is 1.25 bits per heavy atom. The summed E-state index contributed by atoms with van der Waals surface area (Å²) in [5, 5.41) is 4.84. The Morgan fingerprint density at radius 2 is 2.10 bits per heavy atom. The van der Waals surface area contributed by atoms with Gasteiger partial charge in [0.1, 0.15) is 11.6 Å². The van der Waals surface area contributed by atoms with E-state index in [1.807, 2.05) is 0 Å². The fourth-order valence-corrected chi connectivity index (χ4v) is 2.23. The number of carbonyl (C=O) groups is 1. The van der Waals surface area contributed by atoms with E-state index in [-0.39, 0.29) is 5.76 Å². The molecule has 1 aromatic carbocycles. The number of thiazole rings is 1. The zero-order chi connectivity index (χ0) is 13.9. The molecule has 2 heterocycles. The Labute approximate surface area is 117 Å². The molecule has 0 aliphatic heterocycles. The lowest BCUT2D eigenvalue weighted by Crippen LogP contribution is -2.10. The maximum absolute atomic E-state index is 13.6. The SMILES string of the molecule is O=C(Nc1nccs1)c1ccc(-c2ccccc2F)o1. The quantitative estimate of drug-likeness (QED) is 0.797. The number of carbonyl (C=O) groups excluding carboxylic acids is 1. The maximum Gasteiger partial charge on any atom is 0.293 e. The van der Waals surface area contributed by atoms with Gasteiger partial charge in [0.05, 0.1) is 5.56 Å². The molecule has 1 N–H and O–H groups in total. The van der Waals surface area contributed by atoms with Crippen LogP contribution in [0.5, 0.6) is 0 Å². The van der Waals surface area contributed by atoms with Crippen LogP contribution in [0.3, 0.4) is 0 Å².